The first kappa shape index (κ1) is 9.73. The van der Waals surface area contributed by atoms with E-state index in [-0.39, 0.29) is 6.61 Å². The van der Waals surface area contributed by atoms with Crippen molar-refractivity contribution >= 4 is 17.4 Å². The Balaban J connectivity index is 2.66. The summed E-state index contributed by atoms with van der Waals surface area (Å²) in [4.78, 5) is 3.47. The number of isothiocyanates is 1. The smallest absolute Gasteiger partial charge is 0.186 e. The molecule has 1 fully saturated rings. The van der Waals surface area contributed by atoms with Crippen LogP contribution >= 0.6 is 12.2 Å². The van der Waals surface area contributed by atoms with Crippen LogP contribution in [0.4, 0.5) is 0 Å². The van der Waals surface area contributed by atoms with Gasteiger partial charge in [0.25, 0.3) is 0 Å². The Morgan fingerprint density at radius 3 is 2.50 bits per heavy atom. The van der Waals surface area contributed by atoms with Gasteiger partial charge in [-0.15, -0.1) is 0 Å². The molecule has 1 aliphatic rings. The van der Waals surface area contributed by atoms with Gasteiger partial charge in [-0.1, -0.05) is 0 Å². The molecule has 0 spiro atoms. The Morgan fingerprint density at radius 1 is 1.42 bits per heavy atom. The Morgan fingerprint density at radius 2 is 2.08 bits per heavy atom. The fourth-order valence-electron chi connectivity index (χ4n) is 1.04. The maximum absolute atomic E-state index is 9.22. The Bertz CT molecular complexity index is 206. The number of thiocarbonyl (C=S) groups is 1. The standard InChI is InChI=1S/C6H9NO4S/c8-1-3-4(9)5(10)6(11-3)7-2-12/h3-6,8-10H,1H2/t3-,4-,5-,6?/m1/s1. The minimum atomic E-state index is -1.14. The lowest BCUT2D eigenvalue weighted by atomic mass is 10.1. The summed E-state index contributed by atoms with van der Waals surface area (Å²) in [5.74, 6) is 0. The van der Waals surface area contributed by atoms with Crippen LogP contribution < -0.4 is 0 Å². The van der Waals surface area contributed by atoms with Crippen molar-refractivity contribution in [1.29, 1.82) is 0 Å². The summed E-state index contributed by atoms with van der Waals surface area (Å²) in [6.07, 6.45) is -3.96. The van der Waals surface area contributed by atoms with Crippen molar-refractivity contribution in [3.8, 4) is 0 Å². The lowest BCUT2D eigenvalue weighted by Gasteiger charge is -2.09. The molecule has 0 bridgehead atoms. The van der Waals surface area contributed by atoms with E-state index in [9.17, 15) is 10.2 Å². The van der Waals surface area contributed by atoms with Gasteiger partial charge in [-0.05, 0) is 12.2 Å². The molecule has 1 saturated heterocycles. The monoisotopic (exact) mass is 191 g/mol. The molecule has 0 aromatic carbocycles. The fourth-order valence-corrected chi connectivity index (χ4v) is 1.14. The molecule has 6 heteroatoms. The molecule has 0 radical (unpaired) electrons. The zero-order chi connectivity index (χ0) is 9.14. The van der Waals surface area contributed by atoms with E-state index in [1.54, 1.807) is 0 Å². The van der Waals surface area contributed by atoms with E-state index < -0.39 is 24.5 Å². The molecule has 0 amide bonds. The SMILES string of the molecule is OC[C@H]1OC(N=C=S)[C@H](O)[C@@H]1O. The Kier molecular flexibility index (Phi) is 3.28. The second-order valence-corrected chi connectivity index (χ2v) is 2.63. The van der Waals surface area contributed by atoms with Gasteiger partial charge in [-0.25, -0.2) is 0 Å². The van der Waals surface area contributed by atoms with Crippen molar-refractivity contribution in [2.45, 2.75) is 24.5 Å². The van der Waals surface area contributed by atoms with Gasteiger partial charge in [0.2, 0.25) is 0 Å². The highest BCUT2D eigenvalue weighted by molar-refractivity contribution is 7.78. The van der Waals surface area contributed by atoms with E-state index in [1.807, 2.05) is 5.16 Å². The Labute approximate surface area is 74.3 Å². The molecule has 1 aliphatic heterocycles. The molecule has 1 heterocycles. The quantitative estimate of drug-likeness (QED) is 0.366. The third kappa shape index (κ3) is 1.69. The number of ether oxygens (including phenoxy) is 1. The summed E-state index contributed by atoms with van der Waals surface area (Å²) in [6, 6.07) is 0. The van der Waals surface area contributed by atoms with Crippen LogP contribution in [0.2, 0.25) is 0 Å². The van der Waals surface area contributed by atoms with Crippen LogP contribution in [0.5, 0.6) is 0 Å². The van der Waals surface area contributed by atoms with Crippen LogP contribution in [-0.4, -0.2) is 51.6 Å². The maximum atomic E-state index is 9.22. The highest BCUT2D eigenvalue weighted by Crippen LogP contribution is 2.21. The number of nitrogens with zero attached hydrogens (tertiary/aromatic N) is 1. The molecule has 68 valence electrons. The van der Waals surface area contributed by atoms with Crippen molar-refractivity contribution in [1.82, 2.24) is 0 Å². The van der Waals surface area contributed by atoms with Crippen molar-refractivity contribution in [2.75, 3.05) is 6.61 Å². The van der Waals surface area contributed by atoms with E-state index in [4.69, 9.17) is 9.84 Å². The molecule has 12 heavy (non-hydrogen) atoms. The van der Waals surface area contributed by atoms with Crippen molar-refractivity contribution in [2.24, 2.45) is 4.99 Å². The average Bonchev–Trinajstić information content (AvgIpc) is 2.33. The second-order valence-electron chi connectivity index (χ2n) is 2.45. The van der Waals surface area contributed by atoms with Crippen LogP contribution in [-0.2, 0) is 4.74 Å². The predicted octanol–water partition coefficient (Wildman–Crippen LogP) is -1.47. The third-order valence-corrected chi connectivity index (χ3v) is 1.80. The topological polar surface area (TPSA) is 82.3 Å². The molecular weight excluding hydrogens is 182 g/mol. The largest absolute Gasteiger partial charge is 0.394 e. The maximum Gasteiger partial charge on any atom is 0.186 e. The number of aliphatic imine (C=N–C) groups is 1. The highest BCUT2D eigenvalue weighted by Gasteiger charge is 2.42. The zero-order valence-corrected chi connectivity index (χ0v) is 6.94. The molecular formula is C6H9NO4S. The number of rotatable bonds is 2. The first-order valence-electron chi connectivity index (χ1n) is 3.40. The van der Waals surface area contributed by atoms with Gasteiger partial charge in [-0.2, -0.15) is 4.99 Å². The zero-order valence-electron chi connectivity index (χ0n) is 6.12. The predicted molar refractivity (Wildman–Crippen MR) is 42.8 cm³/mol. The second kappa shape index (κ2) is 4.04. The van der Waals surface area contributed by atoms with Gasteiger partial charge in [0.15, 0.2) is 6.23 Å². The van der Waals surface area contributed by atoms with Crippen LogP contribution in [0.25, 0.3) is 0 Å². The lowest BCUT2D eigenvalue weighted by Crippen LogP contribution is -2.33. The minimum absolute atomic E-state index is 0.359. The van der Waals surface area contributed by atoms with Gasteiger partial charge in [0, 0.05) is 0 Å². The summed E-state index contributed by atoms with van der Waals surface area (Å²) in [5, 5.41) is 29.1. The van der Waals surface area contributed by atoms with Gasteiger partial charge in [0.1, 0.15) is 18.3 Å². The molecule has 5 nitrogen and oxygen atoms in total. The fraction of sp³-hybridized carbons (Fsp3) is 0.833. The molecule has 4 atom stereocenters. The molecule has 0 saturated carbocycles. The third-order valence-electron chi connectivity index (χ3n) is 1.70. The van der Waals surface area contributed by atoms with E-state index >= 15 is 0 Å². The van der Waals surface area contributed by atoms with Gasteiger partial charge >= 0.3 is 0 Å². The molecule has 3 N–H and O–H groups in total. The normalized spacial score (nSPS) is 40.9. The lowest BCUT2D eigenvalue weighted by molar-refractivity contribution is -0.0191. The van der Waals surface area contributed by atoms with Crippen LogP contribution in [0.3, 0.4) is 0 Å². The first-order chi connectivity index (χ1) is 5.70. The molecule has 0 aromatic rings. The Hall–Kier alpha value is -0.360. The van der Waals surface area contributed by atoms with Gasteiger partial charge in [-0.3, -0.25) is 0 Å². The number of hydrogen-bond donors (Lipinski definition) is 3. The van der Waals surface area contributed by atoms with E-state index in [2.05, 4.69) is 17.2 Å². The number of aliphatic hydroxyl groups excluding tert-OH is 3. The summed E-state index contributed by atoms with van der Waals surface area (Å²) in [5.41, 5.74) is 0. The van der Waals surface area contributed by atoms with Crippen molar-refractivity contribution in [3.05, 3.63) is 0 Å². The van der Waals surface area contributed by atoms with E-state index in [1.165, 1.54) is 0 Å². The number of aliphatic hydroxyl groups is 3. The van der Waals surface area contributed by atoms with Gasteiger partial charge in [0.05, 0.1) is 11.8 Å². The van der Waals surface area contributed by atoms with Crippen molar-refractivity contribution < 1.29 is 20.1 Å². The average molecular weight is 191 g/mol. The summed E-state index contributed by atoms with van der Waals surface area (Å²) in [7, 11) is 0. The van der Waals surface area contributed by atoms with E-state index in [0.717, 1.165) is 0 Å². The van der Waals surface area contributed by atoms with E-state index in [0.29, 0.717) is 0 Å². The summed E-state index contributed by atoms with van der Waals surface area (Å²) >= 11 is 4.30. The molecule has 0 aliphatic carbocycles. The van der Waals surface area contributed by atoms with Crippen LogP contribution in [0, 0.1) is 0 Å². The molecule has 1 rings (SSSR count). The van der Waals surface area contributed by atoms with Crippen LogP contribution in [0.15, 0.2) is 4.99 Å². The van der Waals surface area contributed by atoms with Gasteiger partial charge < -0.3 is 20.1 Å². The minimum Gasteiger partial charge on any atom is -0.394 e. The summed E-state index contributed by atoms with van der Waals surface area (Å²) in [6.45, 7) is -0.359. The van der Waals surface area contributed by atoms with Crippen LogP contribution in [0.1, 0.15) is 0 Å². The molecule has 1 unspecified atom stereocenters. The molecule has 0 aromatic heterocycles. The highest BCUT2D eigenvalue weighted by atomic mass is 32.1. The summed E-state index contributed by atoms with van der Waals surface area (Å²) < 4.78 is 4.93. The first-order valence-corrected chi connectivity index (χ1v) is 3.81. The number of hydrogen-bond acceptors (Lipinski definition) is 6. The van der Waals surface area contributed by atoms with Crippen molar-refractivity contribution in [3.63, 3.8) is 0 Å².